The molecule has 4 aromatic rings. The fourth-order valence-electron chi connectivity index (χ4n) is 3.82. The molecule has 1 aromatic carbocycles. The molecule has 0 saturated carbocycles. The van der Waals surface area contributed by atoms with Crippen molar-refractivity contribution in [2.45, 2.75) is 40.7 Å². The number of nitrogens with one attached hydrogen (secondary N) is 1. The SMILES string of the molecule is Cc1cc(-c2cc(C(=O)Nc3ccc(C(N)=O)c(C)c3)c3cnn(C(C)C)c3n2)c(C)s1. The summed E-state index contributed by atoms with van der Waals surface area (Å²) in [6.07, 6.45) is 1.69. The highest BCUT2D eigenvalue weighted by atomic mass is 32.1. The van der Waals surface area contributed by atoms with E-state index in [0.29, 0.717) is 33.4 Å². The number of amides is 2. The Labute approximate surface area is 190 Å². The van der Waals surface area contributed by atoms with E-state index in [1.165, 1.54) is 4.88 Å². The number of carbonyl (C=O) groups excluding carboxylic acids is 2. The van der Waals surface area contributed by atoms with Crippen molar-refractivity contribution in [2.24, 2.45) is 5.73 Å². The number of carbonyl (C=O) groups is 2. The summed E-state index contributed by atoms with van der Waals surface area (Å²) in [7, 11) is 0. The van der Waals surface area contributed by atoms with E-state index >= 15 is 0 Å². The van der Waals surface area contributed by atoms with E-state index in [2.05, 4.69) is 30.3 Å². The van der Waals surface area contributed by atoms with Crippen molar-refractivity contribution in [1.82, 2.24) is 14.8 Å². The van der Waals surface area contributed by atoms with E-state index < -0.39 is 5.91 Å². The summed E-state index contributed by atoms with van der Waals surface area (Å²) in [6.45, 7) is 9.96. The fraction of sp³-hybridized carbons (Fsp3) is 0.250. The highest BCUT2D eigenvalue weighted by molar-refractivity contribution is 7.12. The van der Waals surface area contributed by atoms with E-state index in [0.717, 1.165) is 16.1 Å². The highest BCUT2D eigenvalue weighted by Gasteiger charge is 2.20. The van der Waals surface area contributed by atoms with Gasteiger partial charge in [0.25, 0.3) is 5.91 Å². The molecule has 164 valence electrons. The summed E-state index contributed by atoms with van der Waals surface area (Å²) < 4.78 is 1.83. The molecule has 2 amide bonds. The molecule has 0 spiro atoms. The van der Waals surface area contributed by atoms with Gasteiger partial charge in [-0.2, -0.15) is 5.10 Å². The normalized spacial score (nSPS) is 11.3. The maximum absolute atomic E-state index is 13.3. The van der Waals surface area contributed by atoms with Crippen LogP contribution in [0.2, 0.25) is 0 Å². The molecule has 4 rings (SSSR count). The van der Waals surface area contributed by atoms with Crippen molar-refractivity contribution in [3.05, 3.63) is 63.0 Å². The number of aryl methyl sites for hydroxylation is 3. The van der Waals surface area contributed by atoms with Gasteiger partial charge >= 0.3 is 0 Å². The molecule has 8 heteroatoms. The Morgan fingerprint density at radius 2 is 1.84 bits per heavy atom. The first-order valence-corrected chi connectivity index (χ1v) is 11.1. The van der Waals surface area contributed by atoms with Crippen LogP contribution in [0.5, 0.6) is 0 Å². The van der Waals surface area contributed by atoms with E-state index in [1.807, 2.05) is 24.6 Å². The zero-order chi connectivity index (χ0) is 23.2. The largest absolute Gasteiger partial charge is 0.366 e. The fourth-order valence-corrected chi connectivity index (χ4v) is 4.76. The Bertz CT molecular complexity index is 1370. The van der Waals surface area contributed by atoms with Gasteiger partial charge < -0.3 is 11.1 Å². The van der Waals surface area contributed by atoms with Gasteiger partial charge in [0.15, 0.2) is 5.65 Å². The summed E-state index contributed by atoms with van der Waals surface area (Å²) in [6, 6.07) is 9.05. The van der Waals surface area contributed by atoms with E-state index in [4.69, 9.17) is 10.7 Å². The number of benzene rings is 1. The molecule has 32 heavy (non-hydrogen) atoms. The maximum atomic E-state index is 13.3. The number of thiophene rings is 1. The third kappa shape index (κ3) is 3.89. The average molecular weight is 448 g/mol. The lowest BCUT2D eigenvalue weighted by molar-refractivity contribution is 0.0998. The smallest absolute Gasteiger partial charge is 0.256 e. The number of fused-ring (bicyclic) bond motifs is 1. The zero-order valence-electron chi connectivity index (χ0n) is 18.7. The number of aromatic nitrogens is 3. The molecule has 0 aliphatic rings. The molecule has 0 aliphatic heterocycles. The quantitative estimate of drug-likeness (QED) is 0.448. The van der Waals surface area contributed by atoms with Crippen LogP contribution in [0, 0.1) is 20.8 Å². The van der Waals surface area contributed by atoms with Crippen molar-refractivity contribution in [3.63, 3.8) is 0 Å². The first kappa shape index (κ1) is 21.7. The minimum absolute atomic E-state index is 0.0977. The Morgan fingerprint density at radius 1 is 1.09 bits per heavy atom. The Kier molecular flexibility index (Phi) is 5.56. The van der Waals surface area contributed by atoms with Crippen LogP contribution < -0.4 is 11.1 Å². The first-order chi connectivity index (χ1) is 15.2. The van der Waals surface area contributed by atoms with Crippen molar-refractivity contribution in [2.75, 3.05) is 5.32 Å². The first-order valence-electron chi connectivity index (χ1n) is 10.3. The lowest BCUT2D eigenvalue weighted by Crippen LogP contribution is -2.15. The van der Waals surface area contributed by atoms with Crippen molar-refractivity contribution in [1.29, 1.82) is 0 Å². The lowest BCUT2D eigenvalue weighted by Gasteiger charge is -2.12. The number of primary amides is 1. The Morgan fingerprint density at radius 3 is 2.44 bits per heavy atom. The molecule has 3 heterocycles. The van der Waals surface area contributed by atoms with Gasteiger partial charge in [0.05, 0.1) is 22.8 Å². The minimum atomic E-state index is -0.497. The number of nitrogens with zero attached hydrogens (tertiary/aromatic N) is 3. The van der Waals surface area contributed by atoms with Crippen LogP contribution in [0.3, 0.4) is 0 Å². The van der Waals surface area contributed by atoms with Crippen LogP contribution in [-0.4, -0.2) is 26.6 Å². The third-order valence-corrected chi connectivity index (χ3v) is 6.33. The van der Waals surface area contributed by atoms with Crippen molar-refractivity contribution < 1.29 is 9.59 Å². The second-order valence-electron chi connectivity index (χ2n) is 8.15. The standard InChI is InChI=1S/C24H25N5O2S/c1-12(2)29-23-20(11-26-29)19(10-21(28-23)18-9-14(4)32-15(18)5)24(31)27-16-6-7-17(22(25)30)13(3)8-16/h6-12H,1-5H3,(H2,25,30)(H,27,31). The van der Waals surface area contributed by atoms with Gasteiger partial charge in [-0.3, -0.25) is 9.59 Å². The molecule has 7 nitrogen and oxygen atoms in total. The van der Waals surface area contributed by atoms with Crippen LogP contribution in [0.1, 0.15) is 55.9 Å². The summed E-state index contributed by atoms with van der Waals surface area (Å²) in [5, 5.41) is 8.11. The van der Waals surface area contributed by atoms with Gasteiger partial charge in [0.2, 0.25) is 5.91 Å². The van der Waals surface area contributed by atoms with Crippen LogP contribution in [0.25, 0.3) is 22.3 Å². The van der Waals surface area contributed by atoms with Crippen LogP contribution in [-0.2, 0) is 0 Å². The highest BCUT2D eigenvalue weighted by Crippen LogP contribution is 2.33. The van der Waals surface area contributed by atoms with Gasteiger partial charge in [-0.15, -0.1) is 11.3 Å². The summed E-state index contributed by atoms with van der Waals surface area (Å²) in [5.41, 5.74) is 10.0. The number of hydrogen-bond donors (Lipinski definition) is 2. The summed E-state index contributed by atoms with van der Waals surface area (Å²) in [4.78, 5) is 32.1. The predicted octanol–water partition coefficient (Wildman–Crippen LogP) is 5.02. The van der Waals surface area contributed by atoms with Crippen molar-refractivity contribution >= 4 is 39.9 Å². The van der Waals surface area contributed by atoms with E-state index in [1.54, 1.807) is 42.7 Å². The van der Waals surface area contributed by atoms with Crippen molar-refractivity contribution in [3.8, 4) is 11.3 Å². The van der Waals surface area contributed by atoms with Crippen LogP contribution in [0.15, 0.2) is 36.5 Å². The number of pyridine rings is 1. The predicted molar refractivity (Wildman–Crippen MR) is 128 cm³/mol. The molecule has 0 unspecified atom stereocenters. The zero-order valence-corrected chi connectivity index (χ0v) is 19.5. The average Bonchev–Trinajstić information content (AvgIpc) is 3.29. The summed E-state index contributed by atoms with van der Waals surface area (Å²) >= 11 is 1.70. The summed E-state index contributed by atoms with van der Waals surface area (Å²) in [5.74, 6) is -0.763. The molecule has 0 radical (unpaired) electrons. The second kappa shape index (κ2) is 8.20. The number of rotatable bonds is 5. The molecule has 3 N–H and O–H groups in total. The second-order valence-corrected chi connectivity index (χ2v) is 9.61. The molecule has 0 atom stereocenters. The van der Waals surface area contributed by atoms with Gasteiger partial charge in [0.1, 0.15) is 0 Å². The topological polar surface area (TPSA) is 103 Å². The van der Waals surface area contributed by atoms with E-state index in [9.17, 15) is 9.59 Å². The minimum Gasteiger partial charge on any atom is -0.366 e. The molecule has 0 bridgehead atoms. The molecule has 3 aromatic heterocycles. The molecular weight excluding hydrogens is 422 g/mol. The molecule has 0 fully saturated rings. The molecular formula is C24H25N5O2S. The lowest BCUT2D eigenvalue weighted by atomic mass is 10.1. The number of hydrogen-bond acceptors (Lipinski definition) is 5. The molecule has 0 saturated heterocycles. The monoisotopic (exact) mass is 447 g/mol. The Hall–Kier alpha value is -3.52. The van der Waals surface area contributed by atoms with Gasteiger partial charge in [-0.1, -0.05) is 0 Å². The third-order valence-electron chi connectivity index (χ3n) is 5.37. The van der Waals surface area contributed by atoms with E-state index in [-0.39, 0.29) is 11.9 Å². The Balaban J connectivity index is 1.82. The van der Waals surface area contributed by atoms with Crippen LogP contribution >= 0.6 is 11.3 Å². The number of nitrogens with two attached hydrogens (primary N) is 1. The molecule has 0 aliphatic carbocycles. The number of anilines is 1. The van der Waals surface area contributed by atoms with Gasteiger partial charge in [0, 0.05) is 32.6 Å². The van der Waals surface area contributed by atoms with Gasteiger partial charge in [-0.05, 0) is 70.5 Å². The van der Waals surface area contributed by atoms with Crippen LogP contribution in [0.4, 0.5) is 5.69 Å². The maximum Gasteiger partial charge on any atom is 0.256 e. The van der Waals surface area contributed by atoms with Gasteiger partial charge in [-0.25, -0.2) is 9.67 Å².